The van der Waals surface area contributed by atoms with Crippen molar-refractivity contribution in [2.75, 3.05) is 13.7 Å². The summed E-state index contributed by atoms with van der Waals surface area (Å²) in [5, 5.41) is 7.40. The van der Waals surface area contributed by atoms with Crippen molar-refractivity contribution in [2.24, 2.45) is 7.05 Å². The standard InChI is InChI=1S/C15H17N3O3/c1-18-7-6-12(17-18)10-4-3-5-11(8-10)14-15(20-2)16-9-13(19)21-14/h3-8,14-16H,9H2,1-2H3. The van der Waals surface area contributed by atoms with E-state index in [0.29, 0.717) is 0 Å². The Morgan fingerprint density at radius 3 is 3.00 bits per heavy atom. The second-order valence-electron chi connectivity index (χ2n) is 4.95. The van der Waals surface area contributed by atoms with Gasteiger partial charge < -0.3 is 9.47 Å². The van der Waals surface area contributed by atoms with Crippen molar-refractivity contribution in [1.82, 2.24) is 15.1 Å². The molecule has 0 aliphatic carbocycles. The minimum absolute atomic E-state index is 0.162. The zero-order chi connectivity index (χ0) is 14.8. The fraction of sp³-hybridized carbons (Fsp3) is 0.333. The first-order valence-electron chi connectivity index (χ1n) is 6.73. The molecule has 0 saturated carbocycles. The smallest absolute Gasteiger partial charge is 0.320 e. The van der Waals surface area contributed by atoms with Crippen LogP contribution in [0.2, 0.25) is 0 Å². The number of carbonyl (C=O) groups is 1. The van der Waals surface area contributed by atoms with Crippen molar-refractivity contribution in [3.8, 4) is 11.3 Å². The van der Waals surface area contributed by atoms with Crippen molar-refractivity contribution in [3.63, 3.8) is 0 Å². The molecule has 110 valence electrons. The summed E-state index contributed by atoms with van der Waals surface area (Å²) in [7, 11) is 3.47. The largest absolute Gasteiger partial charge is 0.452 e. The second-order valence-corrected chi connectivity index (χ2v) is 4.95. The highest BCUT2D eigenvalue weighted by atomic mass is 16.6. The predicted molar refractivity (Wildman–Crippen MR) is 76.3 cm³/mol. The number of hydrogen-bond acceptors (Lipinski definition) is 5. The van der Waals surface area contributed by atoms with E-state index in [1.54, 1.807) is 11.8 Å². The molecule has 0 bridgehead atoms. The first kappa shape index (κ1) is 13.8. The van der Waals surface area contributed by atoms with Crippen molar-refractivity contribution in [1.29, 1.82) is 0 Å². The van der Waals surface area contributed by atoms with Crippen LogP contribution in [0.5, 0.6) is 0 Å². The van der Waals surface area contributed by atoms with E-state index in [-0.39, 0.29) is 18.7 Å². The topological polar surface area (TPSA) is 65.4 Å². The normalized spacial score (nSPS) is 22.1. The van der Waals surface area contributed by atoms with E-state index in [1.165, 1.54) is 0 Å². The number of benzene rings is 1. The van der Waals surface area contributed by atoms with E-state index >= 15 is 0 Å². The van der Waals surface area contributed by atoms with Gasteiger partial charge in [0, 0.05) is 25.9 Å². The van der Waals surface area contributed by atoms with Gasteiger partial charge in [0.1, 0.15) is 6.23 Å². The molecule has 1 aliphatic heterocycles. The van der Waals surface area contributed by atoms with Gasteiger partial charge in [0.05, 0.1) is 12.2 Å². The molecule has 21 heavy (non-hydrogen) atoms. The van der Waals surface area contributed by atoms with Crippen molar-refractivity contribution < 1.29 is 14.3 Å². The fourth-order valence-electron chi connectivity index (χ4n) is 2.43. The molecule has 1 N–H and O–H groups in total. The summed E-state index contributed by atoms with van der Waals surface area (Å²) in [6.45, 7) is 0.162. The number of aromatic nitrogens is 2. The number of nitrogens with zero attached hydrogens (tertiary/aromatic N) is 2. The number of esters is 1. The number of rotatable bonds is 3. The van der Waals surface area contributed by atoms with E-state index in [4.69, 9.17) is 9.47 Å². The van der Waals surface area contributed by atoms with E-state index in [9.17, 15) is 4.79 Å². The van der Waals surface area contributed by atoms with Crippen LogP contribution in [0.15, 0.2) is 36.5 Å². The minimum Gasteiger partial charge on any atom is -0.452 e. The minimum atomic E-state index is -0.458. The maximum absolute atomic E-state index is 11.5. The Kier molecular flexibility index (Phi) is 3.72. The van der Waals surface area contributed by atoms with Gasteiger partial charge in [-0.3, -0.25) is 14.8 Å². The van der Waals surface area contributed by atoms with Crippen LogP contribution in [-0.2, 0) is 21.3 Å². The van der Waals surface area contributed by atoms with E-state index < -0.39 is 6.10 Å². The average molecular weight is 287 g/mol. The third-order valence-corrected chi connectivity index (χ3v) is 3.46. The van der Waals surface area contributed by atoms with Gasteiger partial charge in [-0.25, -0.2) is 0 Å². The summed E-state index contributed by atoms with van der Waals surface area (Å²) in [5.41, 5.74) is 2.73. The monoisotopic (exact) mass is 287 g/mol. The maximum atomic E-state index is 11.5. The van der Waals surface area contributed by atoms with Crippen LogP contribution in [0.1, 0.15) is 11.7 Å². The lowest BCUT2D eigenvalue weighted by atomic mass is 10.0. The lowest BCUT2D eigenvalue weighted by Gasteiger charge is -2.31. The first-order chi connectivity index (χ1) is 10.2. The highest BCUT2D eigenvalue weighted by Gasteiger charge is 2.31. The molecule has 1 saturated heterocycles. The molecule has 2 unspecified atom stereocenters. The highest BCUT2D eigenvalue weighted by molar-refractivity contribution is 5.73. The van der Waals surface area contributed by atoms with Gasteiger partial charge in [-0.2, -0.15) is 5.10 Å². The number of carbonyl (C=O) groups excluding carboxylic acids is 1. The Labute approximate surface area is 122 Å². The summed E-state index contributed by atoms with van der Waals surface area (Å²) in [6.07, 6.45) is 1.09. The lowest BCUT2D eigenvalue weighted by molar-refractivity contribution is -0.168. The summed E-state index contributed by atoms with van der Waals surface area (Å²) in [4.78, 5) is 11.5. The Balaban J connectivity index is 1.93. The third-order valence-electron chi connectivity index (χ3n) is 3.46. The van der Waals surface area contributed by atoms with Gasteiger partial charge in [-0.1, -0.05) is 18.2 Å². The number of ether oxygens (including phenoxy) is 2. The zero-order valence-electron chi connectivity index (χ0n) is 11.9. The lowest BCUT2D eigenvalue weighted by Crippen LogP contribution is -2.47. The van der Waals surface area contributed by atoms with Gasteiger partial charge in [0.25, 0.3) is 0 Å². The number of nitrogens with one attached hydrogen (secondary N) is 1. The van der Waals surface area contributed by atoms with Crippen molar-refractivity contribution >= 4 is 5.97 Å². The molecule has 1 fully saturated rings. The van der Waals surface area contributed by atoms with Crippen LogP contribution in [-0.4, -0.2) is 35.6 Å². The van der Waals surface area contributed by atoms with Gasteiger partial charge in [0.2, 0.25) is 0 Å². The van der Waals surface area contributed by atoms with Crippen molar-refractivity contribution in [2.45, 2.75) is 12.3 Å². The molecule has 3 rings (SSSR count). The van der Waals surface area contributed by atoms with Crippen LogP contribution >= 0.6 is 0 Å². The van der Waals surface area contributed by atoms with Crippen LogP contribution in [0.4, 0.5) is 0 Å². The Morgan fingerprint density at radius 1 is 1.43 bits per heavy atom. The molecular weight excluding hydrogens is 270 g/mol. The SMILES string of the molecule is COC1NCC(=O)OC1c1cccc(-c2ccn(C)n2)c1. The molecule has 6 heteroatoms. The number of hydrogen-bond donors (Lipinski definition) is 1. The number of methoxy groups -OCH3 is 1. The Hall–Kier alpha value is -2.18. The summed E-state index contributed by atoms with van der Waals surface area (Å²) < 4.78 is 12.5. The Morgan fingerprint density at radius 2 is 2.29 bits per heavy atom. The van der Waals surface area contributed by atoms with Gasteiger partial charge in [-0.15, -0.1) is 0 Å². The summed E-state index contributed by atoms with van der Waals surface area (Å²) in [5.74, 6) is -0.281. The fourth-order valence-corrected chi connectivity index (χ4v) is 2.43. The van der Waals surface area contributed by atoms with Gasteiger partial charge >= 0.3 is 5.97 Å². The van der Waals surface area contributed by atoms with Crippen LogP contribution < -0.4 is 5.32 Å². The first-order valence-corrected chi connectivity index (χ1v) is 6.73. The summed E-state index contributed by atoms with van der Waals surface area (Å²) >= 11 is 0. The van der Waals surface area contributed by atoms with Crippen LogP contribution in [0, 0.1) is 0 Å². The summed E-state index contributed by atoms with van der Waals surface area (Å²) in [6, 6.07) is 9.74. The highest BCUT2D eigenvalue weighted by Crippen LogP contribution is 2.28. The molecule has 0 radical (unpaired) electrons. The predicted octanol–water partition coefficient (Wildman–Crippen LogP) is 1.25. The van der Waals surface area contributed by atoms with E-state index in [2.05, 4.69) is 10.4 Å². The molecule has 0 amide bonds. The zero-order valence-corrected chi connectivity index (χ0v) is 11.9. The molecule has 6 nitrogen and oxygen atoms in total. The molecule has 2 aromatic rings. The molecule has 2 heterocycles. The molecule has 1 aromatic heterocycles. The van der Waals surface area contributed by atoms with Crippen LogP contribution in [0.3, 0.4) is 0 Å². The van der Waals surface area contributed by atoms with Gasteiger partial charge in [-0.05, 0) is 17.7 Å². The van der Waals surface area contributed by atoms with E-state index in [0.717, 1.165) is 16.8 Å². The molecule has 1 aliphatic rings. The third kappa shape index (κ3) is 2.81. The number of aryl methyl sites for hydroxylation is 1. The maximum Gasteiger partial charge on any atom is 0.320 e. The molecule has 1 aromatic carbocycles. The van der Waals surface area contributed by atoms with Gasteiger partial charge in [0.15, 0.2) is 6.10 Å². The number of morpholine rings is 1. The second kappa shape index (κ2) is 5.67. The van der Waals surface area contributed by atoms with Crippen LogP contribution in [0.25, 0.3) is 11.3 Å². The average Bonchev–Trinajstić information content (AvgIpc) is 2.94. The quantitative estimate of drug-likeness (QED) is 0.861. The number of cyclic esters (lactones) is 1. The molecular formula is C15H17N3O3. The Bertz CT molecular complexity index is 653. The molecule has 2 atom stereocenters. The van der Waals surface area contributed by atoms with E-state index in [1.807, 2.05) is 43.6 Å². The van der Waals surface area contributed by atoms with Crippen molar-refractivity contribution in [3.05, 3.63) is 42.1 Å². The molecule has 0 spiro atoms.